The van der Waals surface area contributed by atoms with Crippen molar-refractivity contribution in [2.45, 2.75) is 102 Å². The zero-order chi connectivity index (χ0) is 38.6. The molecule has 0 amide bonds. The second kappa shape index (κ2) is 14.6. The van der Waals surface area contributed by atoms with E-state index in [0.29, 0.717) is 77.9 Å². The molecule has 7 rings (SSSR count). The van der Waals surface area contributed by atoms with E-state index in [0.717, 1.165) is 25.8 Å². The lowest BCUT2D eigenvalue weighted by atomic mass is 9.90. The van der Waals surface area contributed by atoms with Gasteiger partial charge in [0.25, 0.3) is 0 Å². The molecule has 2 aromatic carbocycles. The Morgan fingerprint density at radius 3 is 2.50 bits per heavy atom. The van der Waals surface area contributed by atoms with Gasteiger partial charge in [0.1, 0.15) is 48.9 Å². The van der Waals surface area contributed by atoms with E-state index in [1.165, 1.54) is 24.4 Å². The third-order valence-electron chi connectivity index (χ3n) is 12.2. The Bertz CT molecular complexity index is 2100. The van der Waals surface area contributed by atoms with Crippen molar-refractivity contribution in [3.63, 3.8) is 0 Å². The quantitative estimate of drug-likeness (QED) is 0.141. The minimum absolute atomic E-state index is 0.0110. The number of aromatic nitrogens is 3. The fraction of sp³-hybridized carbons (Fsp3) is 0.548. The first-order chi connectivity index (χ1) is 25.7. The van der Waals surface area contributed by atoms with Crippen molar-refractivity contribution in [3.8, 4) is 34.5 Å². The van der Waals surface area contributed by atoms with Crippen LogP contribution >= 0.6 is 0 Å². The van der Waals surface area contributed by atoms with E-state index in [-0.39, 0.29) is 40.7 Å². The molecule has 2 unspecified atom stereocenters. The van der Waals surface area contributed by atoms with E-state index in [2.05, 4.69) is 67.9 Å². The van der Waals surface area contributed by atoms with Crippen molar-refractivity contribution in [1.82, 2.24) is 19.9 Å². The number of aromatic hydroxyl groups is 1. The molecule has 54 heavy (non-hydrogen) atoms. The van der Waals surface area contributed by atoms with E-state index >= 15 is 13.2 Å². The molecule has 5 heterocycles. The van der Waals surface area contributed by atoms with Crippen LogP contribution in [-0.2, 0) is 4.74 Å². The van der Waals surface area contributed by atoms with Crippen LogP contribution in [0.2, 0.25) is 16.6 Å². The maximum Gasteiger partial charge on any atom is 0.319 e. The largest absolute Gasteiger partial charge is 0.508 e. The smallest absolute Gasteiger partial charge is 0.319 e. The molecule has 8 nitrogen and oxygen atoms in total. The van der Waals surface area contributed by atoms with Crippen LogP contribution in [0.1, 0.15) is 79.7 Å². The molecule has 0 spiro atoms. The van der Waals surface area contributed by atoms with Gasteiger partial charge in [-0.25, -0.2) is 13.2 Å². The van der Waals surface area contributed by atoms with Crippen LogP contribution < -0.4 is 9.64 Å². The molecular weight excluding hydrogens is 708 g/mol. The van der Waals surface area contributed by atoms with Gasteiger partial charge in [0.05, 0.1) is 23.1 Å². The number of hydrogen-bond acceptors (Lipinski definition) is 8. The number of ether oxygens (including phenoxy) is 2. The molecule has 3 aliphatic rings. The number of phenols is 1. The molecule has 0 saturated carbocycles. The second-order valence-corrected chi connectivity index (χ2v) is 22.3. The maximum atomic E-state index is 17.3. The Morgan fingerprint density at radius 1 is 1.00 bits per heavy atom. The van der Waals surface area contributed by atoms with Crippen molar-refractivity contribution in [2.75, 3.05) is 50.9 Å². The van der Waals surface area contributed by atoms with Gasteiger partial charge < -0.3 is 19.5 Å². The van der Waals surface area contributed by atoms with Gasteiger partial charge in [-0.05, 0) is 72.9 Å². The summed E-state index contributed by atoms with van der Waals surface area (Å²) in [5, 5.41) is 12.2. The summed E-state index contributed by atoms with van der Waals surface area (Å²) in [6, 6.07) is 5.85. The first kappa shape index (κ1) is 38.4. The number of benzene rings is 2. The summed E-state index contributed by atoms with van der Waals surface area (Å²) in [5.41, 5.74) is 3.01. The zero-order valence-corrected chi connectivity index (χ0v) is 33.5. The van der Waals surface area contributed by atoms with Crippen LogP contribution in [0.3, 0.4) is 0 Å². The zero-order valence-electron chi connectivity index (χ0n) is 32.5. The normalized spacial score (nSPS) is 22.4. The summed E-state index contributed by atoms with van der Waals surface area (Å²) in [6.45, 7) is 18.3. The molecule has 288 valence electrons. The molecule has 2 aromatic heterocycles. The van der Waals surface area contributed by atoms with E-state index in [1.807, 2.05) is 4.90 Å². The summed E-state index contributed by atoms with van der Waals surface area (Å²) in [7, 11) is -2.28. The second-order valence-electron chi connectivity index (χ2n) is 16.8. The van der Waals surface area contributed by atoms with Crippen LogP contribution in [0.4, 0.5) is 19.0 Å². The molecule has 4 aromatic rings. The number of hydrogen-bond donors (Lipinski definition) is 1. The van der Waals surface area contributed by atoms with Crippen LogP contribution in [0.5, 0.6) is 11.8 Å². The van der Waals surface area contributed by atoms with Gasteiger partial charge in [0, 0.05) is 49.8 Å². The van der Waals surface area contributed by atoms with E-state index in [9.17, 15) is 5.11 Å². The van der Waals surface area contributed by atoms with Crippen molar-refractivity contribution >= 4 is 35.6 Å². The summed E-state index contributed by atoms with van der Waals surface area (Å²) in [5.74, 6) is 2.34. The van der Waals surface area contributed by atoms with Crippen LogP contribution in [0.25, 0.3) is 32.9 Å². The number of phenolic OH excluding ortho intramolecular Hbond substituents is 1. The van der Waals surface area contributed by atoms with Crippen molar-refractivity contribution in [2.24, 2.45) is 0 Å². The summed E-state index contributed by atoms with van der Waals surface area (Å²) < 4.78 is 60.6. The molecule has 3 saturated heterocycles. The molecule has 2 atom stereocenters. The van der Waals surface area contributed by atoms with Gasteiger partial charge in [-0.2, -0.15) is 9.97 Å². The molecule has 0 aliphatic carbocycles. The summed E-state index contributed by atoms with van der Waals surface area (Å²) in [4.78, 5) is 18.3. The fourth-order valence-electron chi connectivity index (χ4n) is 9.81. The molecule has 0 bridgehead atoms. The average molecular weight is 760 g/mol. The first-order valence-corrected chi connectivity index (χ1v) is 21.6. The van der Waals surface area contributed by atoms with Crippen LogP contribution in [-0.4, -0.2) is 90.2 Å². The van der Waals surface area contributed by atoms with Gasteiger partial charge in [-0.1, -0.05) is 53.5 Å². The van der Waals surface area contributed by atoms with Crippen LogP contribution in [0.15, 0.2) is 30.5 Å². The van der Waals surface area contributed by atoms with E-state index in [4.69, 9.17) is 14.5 Å². The highest BCUT2D eigenvalue weighted by Gasteiger charge is 2.54. The first-order valence-electron chi connectivity index (χ1n) is 19.4. The Labute approximate surface area is 317 Å². The Kier molecular flexibility index (Phi) is 10.4. The van der Waals surface area contributed by atoms with Gasteiger partial charge in [-0.15, -0.1) is 5.54 Å². The third kappa shape index (κ3) is 6.81. The van der Waals surface area contributed by atoms with Crippen LogP contribution in [0, 0.1) is 23.1 Å². The maximum absolute atomic E-state index is 17.3. The SMILES string of the molecule is CC(C)[Si](C#Cc1c(F)ccc2cc(O)cc(-c3ncc4c(N5CCCOCC5)nc(OCC56CCCN5CC(C)(F)C6)nc4c3F)c12)(C(C)C)C(C)C. The summed E-state index contributed by atoms with van der Waals surface area (Å²) in [6.07, 6.45) is 4.37. The Balaban J connectivity index is 1.40. The van der Waals surface area contributed by atoms with Crippen molar-refractivity contribution < 1.29 is 27.8 Å². The molecule has 12 heteroatoms. The Hall–Kier alpha value is -3.92. The number of halogens is 3. The monoisotopic (exact) mass is 759 g/mol. The van der Waals surface area contributed by atoms with Crippen molar-refractivity contribution in [3.05, 3.63) is 47.7 Å². The highest BCUT2D eigenvalue weighted by Crippen LogP contribution is 2.46. The minimum atomic E-state index is -2.28. The molecule has 1 N–H and O–H groups in total. The lowest BCUT2D eigenvalue weighted by Gasteiger charge is -2.38. The molecule has 3 fully saturated rings. The average Bonchev–Trinajstić information content (AvgIpc) is 3.44. The highest BCUT2D eigenvalue weighted by atomic mass is 28.3. The van der Waals surface area contributed by atoms with E-state index < -0.39 is 30.9 Å². The predicted octanol–water partition coefficient (Wildman–Crippen LogP) is 8.97. The standard InChI is InChI=1S/C42H52F3N5O3Si/c1-26(2)54(27(3)4,28(5)6)19-12-31-34(43)11-10-29-20-30(51)21-32(35(29)31)37-36(44)38-33(22-46-37)39(49-14-9-17-52-18-16-49)48-40(47-38)53-25-42-13-8-15-50(42)24-41(7,45)23-42/h10-11,20-22,26-28,51H,8-9,13-18,23-25H2,1-7H3. The van der Waals surface area contributed by atoms with E-state index in [1.54, 1.807) is 13.0 Å². The number of pyridine rings is 1. The molecular formula is C42H52F3N5O3Si. The van der Waals surface area contributed by atoms with Gasteiger partial charge in [-0.3, -0.25) is 9.88 Å². The minimum Gasteiger partial charge on any atom is -0.508 e. The topological polar surface area (TPSA) is 83.8 Å². The number of rotatable bonds is 8. The predicted molar refractivity (Wildman–Crippen MR) is 211 cm³/mol. The number of alkyl halides is 1. The molecule has 0 radical (unpaired) electrons. The van der Waals surface area contributed by atoms with Gasteiger partial charge in [0.2, 0.25) is 0 Å². The lowest BCUT2D eigenvalue weighted by molar-refractivity contribution is 0.107. The number of nitrogens with zero attached hydrogens (tertiary/aromatic N) is 5. The number of fused-ring (bicyclic) bond motifs is 3. The molecule has 3 aliphatic heterocycles. The van der Waals surface area contributed by atoms with Gasteiger partial charge in [0.15, 0.2) is 5.82 Å². The van der Waals surface area contributed by atoms with Gasteiger partial charge >= 0.3 is 6.01 Å². The van der Waals surface area contributed by atoms with Crippen molar-refractivity contribution in [1.29, 1.82) is 0 Å². The Morgan fingerprint density at radius 2 is 1.76 bits per heavy atom. The summed E-state index contributed by atoms with van der Waals surface area (Å²) >= 11 is 0. The number of anilines is 1. The lowest BCUT2D eigenvalue weighted by Crippen LogP contribution is -2.43. The highest BCUT2D eigenvalue weighted by molar-refractivity contribution is 6.90. The fourth-order valence-corrected chi connectivity index (χ4v) is 15.0. The third-order valence-corrected chi connectivity index (χ3v) is 18.5.